The first-order valence-electron chi connectivity index (χ1n) is 10.1. The molecule has 0 aromatic heterocycles. The molecule has 2 aliphatic rings. The number of carbonyl (C=O) groups excluding carboxylic acids is 3. The Balaban J connectivity index is 1.43. The van der Waals surface area contributed by atoms with Gasteiger partial charge in [-0.3, -0.25) is 15.0 Å². The molecule has 3 aromatic rings. The molecule has 8 nitrogen and oxygen atoms in total. The van der Waals surface area contributed by atoms with Crippen molar-refractivity contribution in [2.24, 2.45) is 0 Å². The summed E-state index contributed by atoms with van der Waals surface area (Å²) in [4.78, 5) is 39.3. The Morgan fingerprint density at radius 2 is 1.44 bits per heavy atom. The second-order valence-electron chi connectivity index (χ2n) is 7.39. The topological polar surface area (TPSA) is 97.0 Å². The van der Waals surface area contributed by atoms with E-state index in [-0.39, 0.29) is 6.61 Å². The van der Waals surface area contributed by atoms with Crippen molar-refractivity contribution in [2.45, 2.75) is 11.6 Å². The fourth-order valence-corrected chi connectivity index (χ4v) is 3.90. The van der Waals surface area contributed by atoms with Crippen LogP contribution in [0.2, 0.25) is 0 Å². The highest BCUT2D eigenvalue weighted by atomic mass is 16.6. The number of nitrogens with zero attached hydrogens (tertiary/aromatic N) is 1. The lowest BCUT2D eigenvalue weighted by molar-refractivity contribution is -0.142. The summed E-state index contributed by atoms with van der Waals surface area (Å²) in [7, 11) is 0. The molecule has 4 amide bonds. The lowest BCUT2D eigenvalue weighted by Gasteiger charge is -2.29. The van der Waals surface area contributed by atoms with Crippen LogP contribution < -0.4 is 20.2 Å². The average Bonchev–Trinajstić information content (AvgIpc) is 3.10. The van der Waals surface area contributed by atoms with Gasteiger partial charge in [-0.05, 0) is 23.3 Å². The second-order valence-corrected chi connectivity index (χ2v) is 7.39. The molecule has 1 atom stereocenters. The van der Waals surface area contributed by atoms with Gasteiger partial charge in [-0.1, -0.05) is 72.8 Å². The van der Waals surface area contributed by atoms with E-state index in [0.717, 1.165) is 0 Å². The number of fused-ring (bicyclic) bond motifs is 1. The van der Waals surface area contributed by atoms with Crippen molar-refractivity contribution in [3.05, 3.63) is 96.1 Å². The van der Waals surface area contributed by atoms with Crippen LogP contribution in [0.25, 0.3) is 0 Å². The number of benzene rings is 3. The third-order valence-electron chi connectivity index (χ3n) is 5.46. The van der Waals surface area contributed by atoms with E-state index in [2.05, 4.69) is 10.7 Å². The van der Waals surface area contributed by atoms with Gasteiger partial charge in [0.15, 0.2) is 17.0 Å². The molecule has 8 heteroatoms. The van der Waals surface area contributed by atoms with Crippen molar-refractivity contribution in [3.8, 4) is 11.5 Å². The van der Waals surface area contributed by atoms with Gasteiger partial charge in [-0.2, -0.15) is 5.01 Å². The van der Waals surface area contributed by atoms with Crippen LogP contribution in [0.3, 0.4) is 0 Å². The number of rotatable bonds is 4. The summed E-state index contributed by atoms with van der Waals surface area (Å²) < 4.78 is 11.3. The SMILES string of the molecule is O=C(NN1C(=O)NC(c2ccccc2)(c2ccccc2)C1=O)[C@H]1COc2ccccc2O1. The molecule has 0 spiro atoms. The first-order valence-corrected chi connectivity index (χ1v) is 10.1. The molecule has 0 aliphatic carbocycles. The molecule has 0 saturated carbocycles. The Morgan fingerprint density at radius 1 is 0.875 bits per heavy atom. The summed E-state index contributed by atoms with van der Waals surface area (Å²) in [6.07, 6.45) is -1.02. The molecule has 160 valence electrons. The Kier molecular flexibility index (Phi) is 4.74. The van der Waals surface area contributed by atoms with E-state index in [9.17, 15) is 14.4 Å². The van der Waals surface area contributed by atoms with Gasteiger partial charge in [0, 0.05) is 0 Å². The molecule has 0 radical (unpaired) electrons. The standard InChI is InChI=1S/C24H19N3O5/c28-21(20-15-31-18-13-7-8-14-19(18)32-20)26-27-22(29)24(25-23(27)30,16-9-3-1-4-10-16)17-11-5-2-6-12-17/h1-14,20H,15H2,(H,25,30)(H,26,28)/t20-/m1/s1. The van der Waals surface area contributed by atoms with E-state index in [1.165, 1.54) is 0 Å². The molecule has 5 rings (SSSR count). The number of para-hydroxylation sites is 2. The number of hydrogen-bond donors (Lipinski definition) is 2. The number of urea groups is 1. The zero-order valence-corrected chi connectivity index (χ0v) is 16.9. The van der Waals surface area contributed by atoms with Gasteiger partial charge in [0.1, 0.15) is 6.61 Å². The highest BCUT2D eigenvalue weighted by Gasteiger charge is 2.55. The van der Waals surface area contributed by atoms with Gasteiger partial charge in [-0.25, -0.2) is 4.79 Å². The van der Waals surface area contributed by atoms with E-state index >= 15 is 0 Å². The molecular weight excluding hydrogens is 410 g/mol. The molecule has 1 fully saturated rings. The normalized spacial score (nSPS) is 18.8. The van der Waals surface area contributed by atoms with Crippen LogP contribution in [0.1, 0.15) is 11.1 Å². The zero-order chi connectivity index (χ0) is 22.1. The number of amides is 4. The quantitative estimate of drug-likeness (QED) is 0.621. The molecule has 1 saturated heterocycles. The summed E-state index contributed by atoms with van der Waals surface area (Å²) in [6, 6.07) is 24.0. The van der Waals surface area contributed by atoms with Gasteiger partial charge in [0.2, 0.25) is 6.10 Å². The van der Waals surface area contributed by atoms with E-state index in [1.54, 1.807) is 72.8 Å². The van der Waals surface area contributed by atoms with Crippen LogP contribution >= 0.6 is 0 Å². The monoisotopic (exact) mass is 429 g/mol. The van der Waals surface area contributed by atoms with Crippen molar-refractivity contribution in [1.29, 1.82) is 0 Å². The highest BCUT2D eigenvalue weighted by molar-refractivity contribution is 6.10. The number of hydrogen-bond acceptors (Lipinski definition) is 5. The Bertz CT molecular complexity index is 1140. The molecule has 2 aliphatic heterocycles. The summed E-state index contributed by atoms with van der Waals surface area (Å²) in [5.74, 6) is -0.344. The summed E-state index contributed by atoms with van der Waals surface area (Å²) in [5.41, 5.74) is 2.08. The van der Waals surface area contributed by atoms with Crippen LogP contribution in [0.5, 0.6) is 11.5 Å². The van der Waals surface area contributed by atoms with Crippen LogP contribution in [0, 0.1) is 0 Å². The van der Waals surface area contributed by atoms with Gasteiger partial charge in [0.25, 0.3) is 11.8 Å². The third-order valence-corrected chi connectivity index (χ3v) is 5.46. The van der Waals surface area contributed by atoms with Gasteiger partial charge in [-0.15, -0.1) is 0 Å². The minimum absolute atomic E-state index is 0.0466. The maximum atomic E-state index is 13.6. The van der Waals surface area contributed by atoms with E-state index < -0.39 is 29.5 Å². The molecule has 2 N–H and O–H groups in total. The Hall–Kier alpha value is -4.33. The molecule has 32 heavy (non-hydrogen) atoms. The molecule has 0 unspecified atom stereocenters. The van der Waals surface area contributed by atoms with E-state index in [4.69, 9.17) is 9.47 Å². The minimum atomic E-state index is -1.47. The summed E-state index contributed by atoms with van der Waals surface area (Å²) in [5, 5.41) is 3.48. The van der Waals surface area contributed by atoms with Crippen molar-refractivity contribution in [2.75, 3.05) is 6.61 Å². The lowest BCUT2D eigenvalue weighted by atomic mass is 9.83. The van der Waals surface area contributed by atoms with Gasteiger partial charge in [0.05, 0.1) is 0 Å². The minimum Gasteiger partial charge on any atom is -0.485 e. The zero-order valence-electron chi connectivity index (χ0n) is 16.9. The van der Waals surface area contributed by atoms with E-state index in [1.807, 2.05) is 12.1 Å². The van der Waals surface area contributed by atoms with Crippen LogP contribution in [-0.2, 0) is 15.1 Å². The predicted molar refractivity (Wildman–Crippen MR) is 114 cm³/mol. The number of hydrazine groups is 1. The third kappa shape index (κ3) is 3.13. The number of nitrogens with one attached hydrogen (secondary N) is 2. The van der Waals surface area contributed by atoms with Gasteiger partial charge < -0.3 is 14.8 Å². The van der Waals surface area contributed by atoms with Crippen molar-refractivity contribution < 1.29 is 23.9 Å². The number of imide groups is 1. The number of ether oxygens (including phenoxy) is 2. The van der Waals surface area contributed by atoms with Crippen molar-refractivity contribution in [3.63, 3.8) is 0 Å². The molecular formula is C24H19N3O5. The first kappa shape index (κ1) is 19.6. The molecule has 3 aromatic carbocycles. The van der Waals surface area contributed by atoms with Crippen LogP contribution in [0.15, 0.2) is 84.9 Å². The molecule has 2 heterocycles. The Morgan fingerprint density at radius 3 is 2.06 bits per heavy atom. The second kappa shape index (κ2) is 7.73. The predicted octanol–water partition coefficient (Wildman–Crippen LogP) is 2.35. The smallest absolute Gasteiger partial charge is 0.344 e. The lowest BCUT2D eigenvalue weighted by Crippen LogP contribution is -2.54. The largest absolute Gasteiger partial charge is 0.485 e. The maximum Gasteiger partial charge on any atom is 0.344 e. The summed E-state index contributed by atoms with van der Waals surface area (Å²) >= 11 is 0. The fourth-order valence-electron chi connectivity index (χ4n) is 3.90. The highest BCUT2D eigenvalue weighted by Crippen LogP contribution is 2.35. The molecule has 0 bridgehead atoms. The average molecular weight is 429 g/mol. The van der Waals surface area contributed by atoms with E-state index in [0.29, 0.717) is 27.6 Å². The van der Waals surface area contributed by atoms with Crippen LogP contribution in [-0.4, -0.2) is 35.6 Å². The maximum absolute atomic E-state index is 13.6. The fraction of sp³-hybridized carbons (Fsp3) is 0.125. The van der Waals surface area contributed by atoms with Gasteiger partial charge >= 0.3 is 6.03 Å². The summed E-state index contributed by atoms with van der Waals surface area (Å²) in [6.45, 7) is -0.0466. The first-order chi connectivity index (χ1) is 15.6. The van der Waals surface area contributed by atoms with Crippen molar-refractivity contribution >= 4 is 17.8 Å². The Labute approximate surface area is 183 Å². The van der Waals surface area contributed by atoms with Crippen molar-refractivity contribution in [1.82, 2.24) is 15.8 Å². The van der Waals surface area contributed by atoms with Crippen LogP contribution in [0.4, 0.5) is 4.79 Å². The number of carbonyl (C=O) groups is 3.